The Morgan fingerprint density at radius 1 is 0.357 bits per heavy atom. The number of hydrogen-bond acceptors (Lipinski definition) is 0. The van der Waals surface area contributed by atoms with E-state index < -0.39 is 0 Å². The van der Waals surface area contributed by atoms with Crippen molar-refractivity contribution in [2.24, 2.45) is 0 Å². The van der Waals surface area contributed by atoms with Crippen molar-refractivity contribution in [2.45, 2.75) is 5.41 Å². The second-order valence-electron chi connectivity index (χ2n) is 12.0. The van der Waals surface area contributed by atoms with Crippen LogP contribution in [0, 0.1) is 0 Å². The molecule has 0 saturated carbocycles. The molecule has 2 heterocycles. The van der Waals surface area contributed by atoms with E-state index in [0.717, 1.165) is 0 Å². The molecule has 0 aromatic heterocycles. The van der Waals surface area contributed by atoms with E-state index in [4.69, 9.17) is 0 Å². The quantitative estimate of drug-likeness (QED) is 0.192. The van der Waals surface area contributed by atoms with Crippen LogP contribution in [0.5, 0.6) is 0 Å². The largest absolute Gasteiger partial charge is 0.243 e. The lowest BCUT2D eigenvalue weighted by molar-refractivity contribution is 0.775. The standard InChI is InChI=1S/C41H25B/c1-2-11-27-24-28(21-20-26(27)10-1)29-22-23-32-33-14-9-18-37-40(33)42(39(32)25-29)38-19-8-7-17-36(38)41(37)34-15-5-3-12-30(34)31-13-4-6-16-35(31)41/h1-25H. The average molecular weight is 528 g/mol. The SMILES string of the molecule is c1ccc2c(c1)B1c3cc(-c4ccc5ccccc5c4)ccc3-c3cccc(c31)C21c2ccccc2-c2ccccc21. The van der Waals surface area contributed by atoms with Crippen molar-refractivity contribution in [3.8, 4) is 33.4 Å². The van der Waals surface area contributed by atoms with Crippen molar-refractivity contribution in [1.82, 2.24) is 0 Å². The van der Waals surface area contributed by atoms with E-state index in [2.05, 4.69) is 152 Å². The van der Waals surface area contributed by atoms with E-state index in [1.54, 1.807) is 0 Å². The van der Waals surface area contributed by atoms with Crippen molar-refractivity contribution in [1.29, 1.82) is 0 Å². The van der Waals surface area contributed by atoms with Gasteiger partial charge in [-0.15, -0.1) is 0 Å². The Morgan fingerprint density at radius 2 is 0.952 bits per heavy atom. The van der Waals surface area contributed by atoms with Gasteiger partial charge in [-0.25, -0.2) is 0 Å². The summed E-state index contributed by atoms with van der Waals surface area (Å²) in [5.74, 6) is 0. The number of benzene rings is 7. The van der Waals surface area contributed by atoms with Crippen molar-refractivity contribution < 1.29 is 0 Å². The third-order valence-electron chi connectivity index (χ3n) is 10.2. The van der Waals surface area contributed by atoms with Crippen LogP contribution in [0.4, 0.5) is 0 Å². The van der Waals surface area contributed by atoms with Gasteiger partial charge in [-0.05, 0) is 72.5 Å². The van der Waals surface area contributed by atoms with Crippen LogP contribution < -0.4 is 16.4 Å². The lowest BCUT2D eigenvalue weighted by Crippen LogP contribution is -2.59. The van der Waals surface area contributed by atoms with E-state index in [9.17, 15) is 0 Å². The van der Waals surface area contributed by atoms with Gasteiger partial charge in [0.05, 0.1) is 5.41 Å². The zero-order valence-corrected chi connectivity index (χ0v) is 23.0. The molecule has 0 unspecified atom stereocenters. The maximum atomic E-state index is 2.47. The highest BCUT2D eigenvalue weighted by Gasteiger charge is 2.54. The molecule has 1 spiro atoms. The lowest BCUT2D eigenvalue weighted by atomic mass is 9.32. The summed E-state index contributed by atoms with van der Waals surface area (Å²) in [6, 6.07) is 57.1. The molecule has 0 radical (unpaired) electrons. The molecule has 0 N–H and O–H groups in total. The van der Waals surface area contributed by atoms with Crippen LogP contribution in [-0.4, -0.2) is 6.71 Å². The first-order chi connectivity index (χ1) is 20.8. The van der Waals surface area contributed by atoms with Gasteiger partial charge in [0.2, 0.25) is 6.71 Å². The Balaban J connectivity index is 1.27. The van der Waals surface area contributed by atoms with Gasteiger partial charge < -0.3 is 0 Å². The second kappa shape index (κ2) is 7.99. The number of fused-ring (bicyclic) bond motifs is 13. The van der Waals surface area contributed by atoms with Crippen LogP contribution in [0.2, 0.25) is 0 Å². The molecule has 7 aromatic rings. The molecule has 0 fully saturated rings. The average Bonchev–Trinajstić information content (AvgIpc) is 3.55. The lowest BCUT2D eigenvalue weighted by Gasteiger charge is -2.42. The van der Waals surface area contributed by atoms with Crippen LogP contribution in [-0.2, 0) is 5.41 Å². The molecule has 3 aliphatic rings. The molecule has 192 valence electrons. The summed E-state index contributed by atoms with van der Waals surface area (Å²) in [5.41, 5.74) is 17.7. The minimum atomic E-state index is -0.325. The molecular formula is C41H25B. The highest BCUT2D eigenvalue weighted by Crippen LogP contribution is 2.57. The van der Waals surface area contributed by atoms with Crippen molar-refractivity contribution in [2.75, 3.05) is 0 Å². The van der Waals surface area contributed by atoms with Gasteiger partial charge in [0, 0.05) is 0 Å². The Hall–Kier alpha value is -5.14. The summed E-state index contributed by atoms with van der Waals surface area (Å²) in [6.45, 7) is 0.216. The van der Waals surface area contributed by atoms with Gasteiger partial charge in [-0.3, -0.25) is 0 Å². The third-order valence-corrected chi connectivity index (χ3v) is 10.2. The minimum absolute atomic E-state index is 0.216. The van der Waals surface area contributed by atoms with Crippen LogP contribution in [0.3, 0.4) is 0 Å². The van der Waals surface area contributed by atoms with Crippen molar-refractivity contribution >= 4 is 33.9 Å². The fourth-order valence-corrected chi connectivity index (χ4v) is 8.56. The molecule has 0 bridgehead atoms. The molecule has 1 heteroatoms. The zero-order chi connectivity index (χ0) is 27.4. The Kier molecular flexibility index (Phi) is 4.29. The topological polar surface area (TPSA) is 0 Å². The molecule has 1 aliphatic carbocycles. The highest BCUT2D eigenvalue weighted by molar-refractivity contribution is 7.00. The molecule has 10 rings (SSSR count). The molecular weight excluding hydrogens is 503 g/mol. The monoisotopic (exact) mass is 528 g/mol. The van der Waals surface area contributed by atoms with Gasteiger partial charge in [0.1, 0.15) is 0 Å². The Bertz CT molecular complexity index is 2230. The molecule has 0 saturated heterocycles. The van der Waals surface area contributed by atoms with Crippen LogP contribution in [0.25, 0.3) is 44.2 Å². The summed E-state index contributed by atoms with van der Waals surface area (Å²) in [5, 5.41) is 2.56. The van der Waals surface area contributed by atoms with Gasteiger partial charge in [-0.2, -0.15) is 0 Å². The maximum absolute atomic E-state index is 2.47. The van der Waals surface area contributed by atoms with Gasteiger partial charge in [0.15, 0.2) is 0 Å². The third kappa shape index (κ3) is 2.65. The maximum Gasteiger partial charge on any atom is 0.243 e. The van der Waals surface area contributed by atoms with E-state index in [1.807, 2.05) is 0 Å². The first-order valence-corrected chi connectivity index (χ1v) is 14.9. The van der Waals surface area contributed by atoms with Gasteiger partial charge in [0.25, 0.3) is 0 Å². The Morgan fingerprint density at radius 3 is 1.76 bits per heavy atom. The summed E-state index contributed by atoms with van der Waals surface area (Å²) in [6.07, 6.45) is 0. The fraction of sp³-hybridized carbons (Fsp3) is 0.0244. The predicted octanol–water partition coefficient (Wildman–Crippen LogP) is 7.68. The van der Waals surface area contributed by atoms with E-state index in [1.165, 1.54) is 82.8 Å². The van der Waals surface area contributed by atoms with Crippen molar-refractivity contribution in [3.05, 3.63) is 174 Å². The fourth-order valence-electron chi connectivity index (χ4n) is 8.56. The number of rotatable bonds is 1. The molecule has 0 atom stereocenters. The van der Waals surface area contributed by atoms with E-state index in [-0.39, 0.29) is 12.1 Å². The Labute approximate surface area is 246 Å². The molecule has 7 aromatic carbocycles. The highest BCUT2D eigenvalue weighted by atomic mass is 14.5. The molecule has 0 amide bonds. The summed E-state index contributed by atoms with van der Waals surface area (Å²) < 4.78 is 0. The molecule has 42 heavy (non-hydrogen) atoms. The first-order valence-electron chi connectivity index (χ1n) is 14.9. The normalized spacial score (nSPS) is 14.3. The summed E-state index contributed by atoms with van der Waals surface area (Å²) in [4.78, 5) is 0. The van der Waals surface area contributed by atoms with Crippen LogP contribution in [0.1, 0.15) is 22.3 Å². The first kappa shape index (κ1) is 22.5. The van der Waals surface area contributed by atoms with E-state index in [0.29, 0.717) is 0 Å². The van der Waals surface area contributed by atoms with Crippen LogP contribution in [0.15, 0.2) is 152 Å². The van der Waals surface area contributed by atoms with Crippen LogP contribution >= 0.6 is 0 Å². The molecule has 0 nitrogen and oxygen atoms in total. The number of hydrogen-bond donors (Lipinski definition) is 0. The predicted molar refractivity (Wildman–Crippen MR) is 177 cm³/mol. The smallest absolute Gasteiger partial charge is 0.0666 e. The summed E-state index contributed by atoms with van der Waals surface area (Å²) in [7, 11) is 0. The second-order valence-corrected chi connectivity index (χ2v) is 12.0. The molecule has 2 aliphatic heterocycles. The van der Waals surface area contributed by atoms with Crippen molar-refractivity contribution in [3.63, 3.8) is 0 Å². The minimum Gasteiger partial charge on any atom is -0.0666 e. The summed E-state index contributed by atoms with van der Waals surface area (Å²) >= 11 is 0. The zero-order valence-electron chi connectivity index (χ0n) is 23.0. The van der Waals surface area contributed by atoms with Gasteiger partial charge in [-0.1, -0.05) is 162 Å². The van der Waals surface area contributed by atoms with E-state index >= 15 is 0 Å². The van der Waals surface area contributed by atoms with Gasteiger partial charge >= 0.3 is 0 Å².